The van der Waals surface area contributed by atoms with Crippen LogP contribution in [0, 0.1) is 0 Å². The zero-order valence-corrected chi connectivity index (χ0v) is 17.7. The van der Waals surface area contributed by atoms with Crippen LogP contribution in [0.3, 0.4) is 0 Å². The summed E-state index contributed by atoms with van der Waals surface area (Å²) in [7, 11) is 0. The van der Waals surface area contributed by atoms with Gasteiger partial charge >= 0.3 is 0 Å². The van der Waals surface area contributed by atoms with Crippen molar-refractivity contribution < 1.29 is 14.2 Å². The van der Waals surface area contributed by atoms with Crippen molar-refractivity contribution >= 4 is 41.3 Å². The molecule has 0 atom stereocenters. The number of hydrogen-bond donors (Lipinski definition) is 2. The number of hydrogen-bond acceptors (Lipinski definition) is 10. The number of nitrogens with zero attached hydrogens (tertiary/aromatic N) is 5. The van der Waals surface area contributed by atoms with E-state index in [1.54, 1.807) is 18.3 Å². The molecule has 3 heterocycles. The SMILES string of the molecule is Clc1cccc(Nc2nc(NN=Cc3ccc4c(c3)OCO4)nc(N3CCOCC3)n2)c1. The van der Waals surface area contributed by atoms with Gasteiger partial charge in [0.15, 0.2) is 11.5 Å². The Morgan fingerprint density at radius 3 is 2.69 bits per heavy atom. The van der Waals surface area contributed by atoms with Crippen LogP contribution in [-0.4, -0.2) is 54.3 Å². The van der Waals surface area contributed by atoms with E-state index in [-0.39, 0.29) is 6.79 Å². The number of rotatable bonds is 6. The van der Waals surface area contributed by atoms with E-state index >= 15 is 0 Å². The van der Waals surface area contributed by atoms with Gasteiger partial charge < -0.3 is 24.4 Å². The van der Waals surface area contributed by atoms with Crippen LogP contribution in [0.1, 0.15) is 5.56 Å². The largest absolute Gasteiger partial charge is 0.454 e. The molecular weight excluding hydrogens is 434 g/mol. The molecule has 1 fully saturated rings. The van der Waals surface area contributed by atoms with E-state index in [1.165, 1.54) is 0 Å². The van der Waals surface area contributed by atoms with E-state index in [0.717, 1.165) is 17.0 Å². The third-order valence-corrected chi connectivity index (χ3v) is 5.01. The minimum absolute atomic E-state index is 0.228. The minimum Gasteiger partial charge on any atom is -0.454 e. The number of benzene rings is 2. The first-order valence-electron chi connectivity index (χ1n) is 10.0. The van der Waals surface area contributed by atoms with Crippen molar-refractivity contribution in [3.63, 3.8) is 0 Å². The summed E-state index contributed by atoms with van der Waals surface area (Å²) in [5.41, 5.74) is 4.51. The molecular formula is C21H20ClN7O3. The van der Waals surface area contributed by atoms with Crippen LogP contribution in [0.5, 0.6) is 11.5 Å². The van der Waals surface area contributed by atoms with E-state index < -0.39 is 0 Å². The van der Waals surface area contributed by atoms with Gasteiger partial charge in [0.2, 0.25) is 24.6 Å². The molecule has 10 nitrogen and oxygen atoms in total. The summed E-state index contributed by atoms with van der Waals surface area (Å²) >= 11 is 6.09. The lowest BCUT2D eigenvalue weighted by Crippen LogP contribution is -2.37. The highest BCUT2D eigenvalue weighted by Gasteiger charge is 2.17. The third kappa shape index (κ3) is 4.82. The number of aromatic nitrogens is 3. The van der Waals surface area contributed by atoms with Crippen molar-refractivity contribution in [1.29, 1.82) is 0 Å². The first-order valence-corrected chi connectivity index (χ1v) is 10.4. The predicted molar refractivity (Wildman–Crippen MR) is 121 cm³/mol. The van der Waals surface area contributed by atoms with Crippen LogP contribution >= 0.6 is 11.6 Å². The molecule has 164 valence electrons. The Kier molecular flexibility index (Phi) is 5.86. The Morgan fingerprint density at radius 1 is 0.969 bits per heavy atom. The summed E-state index contributed by atoms with van der Waals surface area (Å²) in [6, 6.07) is 12.9. The topological polar surface area (TPSA) is 106 Å². The van der Waals surface area contributed by atoms with Crippen LogP contribution in [0.15, 0.2) is 47.6 Å². The van der Waals surface area contributed by atoms with Crippen molar-refractivity contribution in [1.82, 2.24) is 15.0 Å². The number of ether oxygens (including phenoxy) is 3. The number of anilines is 4. The number of hydrazone groups is 1. The van der Waals surface area contributed by atoms with Gasteiger partial charge in [0.1, 0.15) is 0 Å². The lowest BCUT2D eigenvalue weighted by molar-refractivity contribution is 0.122. The molecule has 1 aromatic heterocycles. The Bertz CT molecular complexity index is 1140. The Labute approximate surface area is 189 Å². The van der Waals surface area contributed by atoms with Crippen molar-refractivity contribution in [3.8, 4) is 11.5 Å². The summed E-state index contributed by atoms with van der Waals surface area (Å²) in [5, 5.41) is 8.06. The van der Waals surface area contributed by atoms with Gasteiger partial charge in [0.25, 0.3) is 0 Å². The van der Waals surface area contributed by atoms with Crippen LogP contribution in [0.2, 0.25) is 5.02 Å². The normalized spacial score (nSPS) is 15.2. The average Bonchev–Trinajstić information content (AvgIpc) is 3.28. The van der Waals surface area contributed by atoms with Gasteiger partial charge in [-0.2, -0.15) is 20.1 Å². The maximum Gasteiger partial charge on any atom is 0.250 e. The van der Waals surface area contributed by atoms with E-state index in [2.05, 4.69) is 30.8 Å². The predicted octanol–water partition coefficient (Wildman–Crippen LogP) is 3.28. The zero-order valence-electron chi connectivity index (χ0n) is 17.0. The molecule has 0 radical (unpaired) electrons. The second kappa shape index (κ2) is 9.25. The molecule has 11 heteroatoms. The molecule has 3 aromatic rings. The van der Waals surface area contributed by atoms with E-state index in [4.69, 9.17) is 25.8 Å². The highest BCUT2D eigenvalue weighted by molar-refractivity contribution is 6.30. The molecule has 2 aromatic carbocycles. The molecule has 2 N–H and O–H groups in total. The summed E-state index contributed by atoms with van der Waals surface area (Å²) in [5.74, 6) is 2.64. The summed E-state index contributed by atoms with van der Waals surface area (Å²) in [4.78, 5) is 15.6. The molecule has 2 aliphatic rings. The molecule has 0 saturated carbocycles. The fraction of sp³-hybridized carbons (Fsp3) is 0.238. The lowest BCUT2D eigenvalue weighted by Gasteiger charge is -2.27. The average molecular weight is 454 g/mol. The molecule has 2 aliphatic heterocycles. The Balaban J connectivity index is 1.37. The second-order valence-corrected chi connectivity index (χ2v) is 7.44. The van der Waals surface area contributed by atoms with Gasteiger partial charge in [0, 0.05) is 23.8 Å². The van der Waals surface area contributed by atoms with Gasteiger partial charge in [-0.1, -0.05) is 17.7 Å². The van der Waals surface area contributed by atoms with Crippen LogP contribution < -0.4 is 25.1 Å². The second-order valence-electron chi connectivity index (χ2n) is 7.00. The molecule has 1 saturated heterocycles. The lowest BCUT2D eigenvalue weighted by atomic mass is 10.2. The highest BCUT2D eigenvalue weighted by atomic mass is 35.5. The molecule has 32 heavy (non-hydrogen) atoms. The third-order valence-electron chi connectivity index (χ3n) is 4.77. The molecule has 0 aliphatic carbocycles. The van der Waals surface area contributed by atoms with E-state index in [0.29, 0.717) is 54.9 Å². The van der Waals surface area contributed by atoms with Crippen molar-refractivity contribution in [2.24, 2.45) is 5.10 Å². The van der Waals surface area contributed by atoms with Gasteiger partial charge in [-0.05, 0) is 42.0 Å². The number of halogens is 1. The summed E-state index contributed by atoms with van der Waals surface area (Å²) < 4.78 is 16.2. The first kappa shape index (κ1) is 20.3. The van der Waals surface area contributed by atoms with Crippen LogP contribution in [-0.2, 0) is 4.74 Å². The maximum atomic E-state index is 6.09. The maximum absolute atomic E-state index is 6.09. The van der Waals surface area contributed by atoms with Crippen molar-refractivity contribution in [2.45, 2.75) is 0 Å². The fourth-order valence-electron chi connectivity index (χ4n) is 3.23. The van der Waals surface area contributed by atoms with Gasteiger partial charge in [-0.25, -0.2) is 5.43 Å². The Hall–Kier alpha value is -3.63. The van der Waals surface area contributed by atoms with Crippen LogP contribution in [0.25, 0.3) is 0 Å². The smallest absolute Gasteiger partial charge is 0.250 e. The number of nitrogens with one attached hydrogen (secondary N) is 2. The molecule has 0 bridgehead atoms. The van der Waals surface area contributed by atoms with E-state index in [1.807, 2.05) is 35.2 Å². The zero-order chi connectivity index (χ0) is 21.8. The van der Waals surface area contributed by atoms with Gasteiger partial charge in [-0.3, -0.25) is 0 Å². The standard InChI is InChI=1S/C21H20ClN7O3/c22-15-2-1-3-16(11-15)24-19-25-20(27-21(26-19)29-6-8-30-9-7-29)28-23-12-14-4-5-17-18(10-14)32-13-31-17/h1-5,10-12H,6-9,13H2,(H2,24,25,26,27,28). The van der Waals surface area contributed by atoms with Gasteiger partial charge in [0.05, 0.1) is 19.4 Å². The monoisotopic (exact) mass is 453 g/mol. The van der Waals surface area contributed by atoms with Crippen LogP contribution in [0.4, 0.5) is 23.5 Å². The quantitative estimate of drug-likeness (QED) is 0.429. The molecule has 5 rings (SSSR count). The first-order chi connectivity index (χ1) is 15.7. The fourth-order valence-corrected chi connectivity index (χ4v) is 3.42. The summed E-state index contributed by atoms with van der Waals surface area (Å²) in [6.07, 6.45) is 1.66. The van der Waals surface area contributed by atoms with Crippen molar-refractivity contribution in [3.05, 3.63) is 53.1 Å². The van der Waals surface area contributed by atoms with Gasteiger partial charge in [-0.15, -0.1) is 0 Å². The minimum atomic E-state index is 0.228. The summed E-state index contributed by atoms with van der Waals surface area (Å²) in [6.45, 7) is 2.86. The highest BCUT2D eigenvalue weighted by Crippen LogP contribution is 2.32. The molecule has 0 amide bonds. The molecule has 0 spiro atoms. The molecule has 0 unspecified atom stereocenters. The number of fused-ring (bicyclic) bond motifs is 1. The van der Waals surface area contributed by atoms with Crippen molar-refractivity contribution in [2.75, 3.05) is 48.7 Å². The number of morpholine rings is 1. The van der Waals surface area contributed by atoms with E-state index in [9.17, 15) is 0 Å². The Morgan fingerprint density at radius 2 is 1.81 bits per heavy atom.